The third-order valence-corrected chi connectivity index (χ3v) is 9.61. The smallest absolute Gasteiger partial charge is 0.272 e. The van der Waals surface area contributed by atoms with Crippen molar-refractivity contribution in [3.05, 3.63) is 138 Å². The molecule has 3 N–H and O–H groups in total. The molecule has 0 spiro atoms. The van der Waals surface area contributed by atoms with Crippen molar-refractivity contribution >= 4 is 29.1 Å². The lowest BCUT2D eigenvalue weighted by atomic mass is 9.74. The molecule has 1 saturated carbocycles. The van der Waals surface area contributed by atoms with Crippen molar-refractivity contribution in [3.8, 4) is 11.1 Å². The molecular formula is C41H42N4O3. The topological polar surface area (TPSA) is 105 Å². The molecule has 3 unspecified atom stereocenters. The maximum atomic E-state index is 14.7. The number of benzene rings is 4. The van der Waals surface area contributed by atoms with Crippen LogP contribution >= 0.6 is 0 Å². The molecule has 2 aliphatic rings. The number of amides is 3. The molecular weight excluding hydrogens is 596 g/mol. The van der Waals surface area contributed by atoms with Crippen molar-refractivity contribution in [2.45, 2.75) is 51.7 Å². The fourth-order valence-corrected chi connectivity index (χ4v) is 6.73. The number of para-hydroxylation sites is 1. The highest BCUT2D eigenvalue weighted by atomic mass is 16.2. The molecule has 7 nitrogen and oxygen atoms in total. The number of nitrogens with one attached hydrogen (secondary N) is 1. The van der Waals surface area contributed by atoms with Crippen molar-refractivity contribution in [2.24, 2.45) is 28.5 Å². The van der Waals surface area contributed by atoms with Gasteiger partial charge in [-0.3, -0.25) is 14.4 Å². The Morgan fingerprint density at radius 1 is 0.917 bits per heavy atom. The number of allylic oxidation sites excluding steroid dienone is 1. The normalized spacial score (nSPS) is 17.3. The number of carbonyl (C=O) groups excluding carboxylic acids is 3. The second-order valence-corrected chi connectivity index (χ2v) is 12.9. The predicted octanol–water partition coefficient (Wildman–Crippen LogP) is 6.97. The predicted molar refractivity (Wildman–Crippen MR) is 191 cm³/mol. The van der Waals surface area contributed by atoms with E-state index in [-0.39, 0.29) is 18.9 Å². The third-order valence-electron chi connectivity index (χ3n) is 9.61. The first kappa shape index (κ1) is 32.6. The van der Waals surface area contributed by atoms with E-state index >= 15 is 0 Å². The molecule has 48 heavy (non-hydrogen) atoms. The van der Waals surface area contributed by atoms with Crippen molar-refractivity contribution in [1.29, 1.82) is 0 Å². The summed E-state index contributed by atoms with van der Waals surface area (Å²) in [5, 5.41) is 2.99. The lowest BCUT2D eigenvalue weighted by molar-refractivity contribution is -0.136. The van der Waals surface area contributed by atoms with Gasteiger partial charge in [0, 0.05) is 11.1 Å². The minimum absolute atomic E-state index is 0.269. The van der Waals surface area contributed by atoms with Crippen molar-refractivity contribution in [2.75, 3.05) is 4.90 Å². The maximum Gasteiger partial charge on any atom is 0.272 e. The highest BCUT2D eigenvalue weighted by Crippen LogP contribution is 2.36. The van der Waals surface area contributed by atoms with Crippen LogP contribution in [-0.4, -0.2) is 29.6 Å². The number of hydrogen-bond donors (Lipinski definition) is 2. The van der Waals surface area contributed by atoms with E-state index in [4.69, 9.17) is 10.7 Å². The van der Waals surface area contributed by atoms with Gasteiger partial charge in [-0.25, -0.2) is 4.99 Å². The standard InChI is InChI=1S/C41H42N4O3/c1-3-11-33(38(42)46)35(25-28-12-9-13-28)40(47)44-39-41(48)45(26-29-14-10-17-32(24-29)30-22-20-27(2)21-23-30)36-19-8-7-18-34(36)37(43-39)31-15-5-4-6-16-31/h3-8,10,14-24,28,33,35,39H,1,9,11-13,25-26H2,2H3,(H2,42,46)(H,44,47). The number of nitrogens with two attached hydrogens (primary N) is 1. The molecule has 4 aromatic carbocycles. The first-order valence-corrected chi connectivity index (χ1v) is 16.7. The first-order chi connectivity index (χ1) is 23.3. The summed E-state index contributed by atoms with van der Waals surface area (Å²) in [7, 11) is 0. The number of hydrogen-bond acceptors (Lipinski definition) is 4. The SMILES string of the molecule is C=CCC(C(N)=O)C(CC1CCC1)C(=O)NC1N=C(c2ccccc2)c2ccccc2N(Cc2cccc(-c3ccc(C)cc3)c2)C1=O. The summed E-state index contributed by atoms with van der Waals surface area (Å²) in [5.41, 5.74) is 13.0. The molecule has 7 heteroatoms. The summed E-state index contributed by atoms with van der Waals surface area (Å²) in [6.45, 7) is 6.13. The zero-order valence-corrected chi connectivity index (χ0v) is 27.3. The molecule has 0 bridgehead atoms. The van der Waals surface area contributed by atoms with Crippen LogP contribution < -0.4 is 16.0 Å². The van der Waals surface area contributed by atoms with E-state index < -0.39 is 29.8 Å². The lowest BCUT2D eigenvalue weighted by Crippen LogP contribution is -2.51. The molecule has 1 aliphatic carbocycles. The maximum absolute atomic E-state index is 14.7. The summed E-state index contributed by atoms with van der Waals surface area (Å²) in [5.74, 6) is -2.38. The quantitative estimate of drug-likeness (QED) is 0.164. The Labute approximate surface area is 282 Å². The second-order valence-electron chi connectivity index (χ2n) is 12.9. The first-order valence-electron chi connectivity index (χ1n) is 16.7. The molecule has 0 aromatic heterocycles. The molecule has 1 fully saturated rings. The van der Waals surface area contributed by atoms with Crippen LogP contribution in [0, 0.1) is 24.7 Å². The third kappa shape index (κ3) is 7.15. The minimum Gasteiger partial charge on any atom is -0.369 e. The van der Waals surface area contributed by atoms with Gasteiger partial charge in [0.05, 0.1) is 29.8 Å². The summed E-state index contributed by atoms with van der Waals surface area (Å²) < 4.78 is 0. The Morgan fingerprint density at radius 3 is 2.31 bits per heavy atom. The van der Waals surface area contributed by atoms with E-state index in [1.165, 1.54) is 5.56 Å². The molecule has 3 amide bonds. The molecule has 0 radical (unpaired) electrons. The highest BCUT2D eigenvalue weighted by Gasteiger charge is 2.39. The van der Waals surface area contributed by atoms with Crippen molar-refractivity contribution < 1.29 is 14.4 Å². The van der Waals surface area contributed by atoms with Gasteiger partial charge in [0.2, 0.25) is 18.0 Å². The number of carbonyl (C=O) groups is 3. The van der Waals surface area contributed by atoms with Gasteiger partial charge in [0.15, 0.2) is 0 Å². The Kier molecular flexibility index (Phi) is 9.95. The Hall–Kier alpha value is -5.30. The fraction of sp³-hybridized carbons (Fsp3) is 0.268. The summed E-state index contributed by atoms with van der Waals surface area (Å²) in [6.07, 6.45) is 4.33. The van der Waals surface area contributed by atoms with Crippen LogP contribution in [0.4, 0.5) is 5.69 Å². The van der Waals surface area contributed by atoms with Gasteiger partial charge in [0.1, 0.15) is 0 Å². The van der Waals surface area contributed by atoms with Crippen LogP contribution in [0.1, 0.15) is 54.4 Å². The fourth-order valence-electron chi connectivity index (χ4n) is 6.73. The monoisotopic (exact) mass is 638 g/mol. The average Bonchev–Trinajstić information content (AvgIpc) is 3.18. The summed E-state index contributed by atoms with van der Waals surface area (Å²) in [6, 6.07) is 33.9. The van der Waals surface area contributed by atoms with E-state index in [9.17, 15) is 14.4 Å². The largest absolute Gasteiger partial charge is 0.369 e. The summed E-state index contributed by atoms with van der Waals surface area (Å²) >= 11 is 0. The van der Waals surface area contributed by atoms with Crippen LogP contribution in [0.25, 0.3) is 11.1 Å². The molecule has 244 valence electrons. The van der Waals surface area contributed by atoms with Crippen molar-refractivity contribution in [3.63, 3.8) is 0 Å². The molecule has 1 aliphatic heterocycles. The summed E-state index contributed by atoms with van der Waals surface area (Å²) in [4.78, 5) is 48.1. The highest BCUT2D eigenvalue weighted by molar-refractivity contribution is 6.20. The van der Waals surface area contributed by atoms with Crippen LogP contribution in [-0.2, 0) is 20.9 Å². The zero-order chi connectivity index (χ0) is 33.6. The number of aliphatic imine (C=N–C) groups is 1. The van der Waals surface area contributed by atoms with Crippen molar-refractivity contribution in [1.82, 2.24) is 5.32 Å². The number of fused-ring (bicyclic) bond motifs is 1. The lowest BCUT2D eigenvalue weighted by Gasteiger charge is -2.33. The van der Waals surface area contributed by atoms with Gasteiger partial charge in [-0.15, -0.1) is 6.58 Å². The van der Waals surface area contributed by atoms with Gasteiger partial charge in [-0.1, -0.05) is 122 Å². The van der Waals surface area contributed by atoms with Crippen LogP contribution in [0.15, 0.2) is 121 Å². The molecule has 6 rings (SSSR count). The number of rotatable bonds is 12. The number of nitrogens with zero attached hydrogens (tertiary/aromatic N) is 2. The van der Waals surface area contributed by atoms with E-state index in [1.54, 1.807) is 11.0 Å². The van der Waals surface area contributed by atoms with E-state index in [0.29, 0.717) is 23.7 Å². The molecule has 0 saturated heterocycles. The number of aryl methyl sites for hydroxylation is 1. The Morgan fingerprint density at radius 2 is 1.62 bits per heavy atom. The molecule has 4 aromatic rings. The van der Waals surface area contributed by atoms with Gasteiger partial charge < -0.3 is 16.0 Å². The van der Waals surface area contributed by atoms with Crippen LogP contribution in [0.2, 0.25) is 0 Å². The van der Waals surface area contributed by atoms with Gasteiger partial charge in [-0.05, 0) is 54.5 Å². The Bertz CT molecular complexity index is 1830. The zero-order valence-electron chi connectivity index (χ0n) is 27.3. The van der Waals surface area contributed by atoms with Crippen LogP contribution in [0.5, 0.6) is 0 Å². The van der Waals surface area contributed by atoms with E-state index in [0.717, 1.165) is 47.1 Å². The number of primary amides is 1. The van der Waals surface area contributed by atoms with Crippen LogP contribution in [0.3, 0.4) is 0 Å². The van der Waals surface area contributed by atoms with Gasteiger partial charge in [0.25, 0.3) is 5.91 Å². The number of anilines is 1. The van der Waals surface area contributed by atoms with Gasteiger partial charge >= 0.3 is 0 Å². The average molecular weight is 639 g/mol. The van der Waals surface area contributed by atoms with E-state index in [2.05, 4.69) is 55.2 Å². The second kappa shape index (κ2) is 14.6. The molecule has 3 atom stereocenters. The Balaban J connectivity index is 1.39. The van der Waals surface area contributed by atoms with E-state index in [1.807, 2.05) is 66.7 Å². The number of benzodiazepines with no additional fused rings is 1. The molecule has 1 heterocycles. The minimum atomic E-state index is -1.22. The van der Waals surface area contributed by atoms with Gasteiger partial charge in [-0.2, -0.15) is 0 Å².